The van der Waals surface area contributed by atoms with Gasteiger partial charge in [0.15, 0.2) is 0 Å². The topological polar surface area (TPSA) is 75.3 Å². The lowest BCUT2D eigenvalue weighted by atomic mass is 9.91. The fourth-order valence-corrected chi connectivity index (χ4v) is 0.517. The molecule has 6 heteroatoms. The molecule has 0 amide bonds. The average molecular weight is 140 g/mol. The Kier molecular flexibility index (Phi) is 1.84. The van der Waals surface area contributed by atoms with Gasteiger partial charge >= 0.3 is 7.12 Å². The fourth-order valence-electron chi connectivity index (χ4n) is 0.517. The first kappa shape index (κ1) is 6.98. The summed E-state index contributed by atoms with van der Waals surface area (Å²) in [7, 11) is -1.99. The van der Waals surface area contributed by atoms with Crippen LogP contribution in [0.25, 0.3) is 0 Å². The van der Waals surface area contributed by atoms with Gasteiger partial charge in [0.05, 0.1) is 0 Å². The summed E-state index contributed by atoms with van der Waals surface area (Å²) < 4.78 is 0.852. The minimum atomic E-state index is -1.99. The van der Waals surface area contributed by atoms with Crippen LogP contribution in [0.3, 0.4) is 0 Å². The molecule has 0 saturated carbocycles. The molecule has 10 heavy (non-hydrogen) atoms. The Bertz CT molecular complexity index is 220. The molecule has 0 fully saturated rings. The number of nitrogens with zero attached hydrogens (tertiary/aromatic N) is 2. The van der Waals surface area contributed by atoms with Gasteiger partial charge in [-0.2, -0.15) is 5.10 Å². The van der Waals surface area contributed by atoms with Gasteiger partial charge in [0.1, 0.15) is 0 Å². The van der Waals surface area contributed by atoms with Crippen molar-refractivity contribution in [3.05, 3.63) is 18.5 Å². The highest BCUT2D eigenvalue weighted by Gasteiger charge is 2.21. The lowest BCUT2D eigenvalue weighted by Gasteiger charge is -1.95. The number of carbonyl (C=O) groups excluding carboxylic acids is 1. The zero-order valence-corrected chi connectivity index (χ0v) is 5.01. The quantitative estimate of drug-likeness (QED) is 0.485. The van der Waals surface area contributed by atoms with Crippen molar-refractivity contribution < 1.29 is 14.8 Å². The number of rotatable bonds is 1. The molecule has 0 atom stereocenters. The Morgan fingerprint density at radius 1 is 1.60 bits per heavy atom. The van der Waals surface area contributed by atoms with Crippen molar-refractivity contribution in [2.75, 3.05) is 0 Å². The van der Waals surface area contributed by atoms with Crippen LogP contribution in [0.1, 0.15) is 0 Å². The molecule has 1 rings (SSSR count). The van der Waals surface area contributed by atoms with Crippen molar-refractivity contribution in [3.63, 3.8) is 0 Å². The molecule has 5 nitrogen and oxygen atoms in total. The van der Waals surface area contributed by atoms with Crippen molar-refractivity contribution in [1.29, 1.82) is 0 Å². The van der Waals surface area contributed by atoms with Gasteiger partial charge in [-0.25, -0.2) is 4.68 Å². The second-order valence-electron chi connectivity index (χ2n) is 1.66. The summed E-state index contributed by atoms with van der Waals surface area (Å²) in [6, 6.07) is 1.51. The van der Waals surface area contributed by atoms with E-state index in [0.29, 0.717) is 0 Å². The predicted octanol–water partition coefficient (Wildman–Crippen LogP) is -1.09. The largest absolute Gasteiger partial charge is 0.555 e. The van der Waals surface area contributed by atoms with E-state index < -0.39 is 12.9 Å². The second kappa shape index (κ2) is 2.63. The highest BCUT2D eigenvalue weighted by Crippen LogP contribution is 1.86. The number of carbonyl (C=O) groups is 1. The van der Waals surface area contributed by atoms with E-state index in [9.17, 15) is 4.79 Å². The molecule has 0 saturated heterocycles. The van der Waals surface area contributed by atoms with Crippen LogP contribution in [0.4, 0.5) is 4.79 Å². The Morgan fingerprint density at radius 2 is 2.30 bits per heavy atom. The van der Waals surface area contributed by atoms with Gasteiger partial charge in [0.2, 0.25) is 0 Å². The summed E-state index contributed by atoms with van der Waals surface area (Å²) >= 11 is 0. The first-order valence-corrected chi connectivity index (χ1v) is 2.62. The van der Waals surface area contributed by atoms with Crippen molar-refractivity contribution >= 4 is 12.9 Å². The normalized spacial score (nSPS) is 9.40. The van der Waals surface area contributed by atoms with Crippen LogP contribution in [0.15, 0.2) is 18.5 Å². The van der Waals surface area contributed by atoms with Gasteiger partial charge in [-0.3, -0.25) is 4.79 Å². The van der Waals surface area contributed by atoms with E-state index in [1.165, 1.54) is 18.5 Å². The van der Waals surface area contributed by atoms with Gasteiger partial charge in [-0.15, -0.1) is 0 Å². The van der Waals surface area contributed by atoms with Gasteiger partial charge in [0, 0.05) is 12.4 Å². The first-order valence-electron chi connectivity index (χ1n) is 2.62. The maximum atomic E-state index is 10.6. The van der Waals surface area contributed by atoms with Gasteiger partial charge in [-0.1, -0.05) is 0 Å². The van der Waals surface area contributed by atoms with E-state index in [-0.39, 0.29) is 0 Å². The van der Waals surface area contributed by atoms with Crippen LogP contribution in [0.5, 0.6) is 0 Å². The zero-order chi connectivity index (χ0) is 7.56. The monoisotopic (exact) mass is 140 g/mol. The summed E-state index contributed by atoms with van der Waals surface area (Å²) in [4.78, 5) is 10.6. The van der Waals surface area contributed by atoms with E-state index >= 15 is 0 Å². The third-order valence-corrected chi connectivity index (χ3v) is 0.951. The smallest absolute Gasteiger partial charge is 0.420 e. The van der Waals surface area contributed by atoms with Crippen molar-refractivity contribution in [3.8, 4) is 0 Å². The number of aromatic nitrogens is 2. The molecule has 0 aromatic carbocycles. The third kappa shape index (κ3) is 1.23. The highest BCUT2D eigenvalue weighted by atomic mass is 16.4. The summed E-state index contributed by atoms with van der Waals surface area (Å²) in [6.07, 6.45) is 2.71. The Labute approximate surface area is 57.0 Å². The lowest BCUT2D eigenvalue weighted by molar-refractivity contribution is 0.247. The fraction of sp³-hybridized carbons (Fsp3) is 0. The van der Waals surface area contributed by atoms with Crippen molar-refractivity contribution in [2.45, 2.75) is 0 Å². The summed E-state index contributed by atoms with van der Waals surface area (Å²) in [5, 5.41) is 20.2. The molecule has 0 bridgehead atoms. The Balaban J connectivity index is 2.78. The standard InChI is InChI=1S/C4H5BN2O3/c8-4(5(9)10)7-3-1-2-6-7/h1-3,9-10H. The third-order valence-electron chi connectivity index (χ3n) is 0.951. The average Bonchev–Trinajstić information content (AvgIpc) is 2.36. The molecule has 2 N–H and O–H groups in total. The van der Waals surface area contributed by atoms with E-state index in [4.69, 9.17) is 10.0 Å². The zero-order valence-electron chi connectivity index (χ0n) is 5.01. The van der Waals surface area contributed by atoms with Crippen LogP contribution >= 0.6 is 0 Å². The molecule has 0 aliphatic rings. The Morgan fingerprint density at radius 3 is 2.70 bits per heavy atom. The predicted molar refractivity (Wildman–Crippen MR) is 33.2 cm³/mol. The molecule has 1 aromatic rings. The molecule has 1 aromatic heterocycles. The SMILES string of the molecule is O=C(B(O)O)n1cccn1. The number of hydrogen-bond acceptors (Lipinski definition) is 4. The molecular weight excluding hydrogens is 135 g/mol. The van der Waals surface area contributed by atoms with Crippen molar-refractivity contribution in [1.82, 2.24) is 9.78 Å². The maximum Gasteiger partial charge on any atom is 0.555 e. The van der Waals surface area contributed by atoms with Crippen LogP contribution in [-0.4, -0.2) is 32.8 Å². The van der Waals surface area contributed by atoms with Gasteiger partial charge in [0.25, 0.3) is 5.81 Å². The molecule has 0 aliphatic heterocycles. The first-order chi connectivity index (χ1) is 4.72. The van der Waals surface area contributed by atoms with E-state index in [0.717, 1.165) is 4.68 Å². The molecule has 52 valence electrons. The minimum absolute atomic E-state index is 0.852. The summed E-state index contributed by atoms with van der Waals surface area (Å²) in [5.41, 5.74) is 0. The van der Waals surface area contributed by atoms with E-state index in [1.54, 1.807) is 0 Å². The molecule has 1 heterocycles. The van der Waals surface area contributed by atoms with E-state index in [2.05, 4.69) is 5.10 Å². The molecular formula is C4H5BN2O3. The van der Waals surface area contributed by atoms with Gasteiger partial charge in [-0.05, 0) is 6.07 Å². The Hall–Kier alpha value is -1.14. The van der Waals surface area contributed by atoms with E-state index in [1.807, 2.05) is 0 Å². The maximum absolute atomic E-state index is 10.6. The summed E-state index contributed by atoms with van der Waals surface area (Å²) in [6.45, 7) is 0. The summed E-state index contributed by atoms with van der Waals surface area (Å²) in [5.74, 6) is -0.856. The second-order valence-corrected chi connectivity index (χ2v) is 1.66. The van der Waals surface area contributed by atoms with Crippen LogP contribution in [0, 0.1) is 0 Å². The molecule has 0 aliphatic carbocycles. The highest BCUT2D eigenvalue weighted by molar-refractivity contribution is 6.78. The van der Waals surface area contributed by atoms with Gasteiger partial charge < -0.3 is 10.0 Å². The van der Waals surface area contributed by atoms with Crippen molar-refractivity contribution in [2.24, 2.45) is 0 Å². The lowest BCUT2D eigenvalue weighted by Crippen LogP contribution is -2.30. The van der Waals surface area contributed by atoms with Crippen LogP contribution < -0.4 is 0 Å². The van der Waals surface area contributed by atoms with Crippen LogP contribution in [-0.2, 0) is 0 Å². The van der Waals surface area contributed by atoms with Crippen LogP contribution in [0.2, 0.25) is 0 Å². The molecule has 0 spiro atoms. The minimum Gasteiger partial charge on any atom is -0.420 e. The molecule has 0 unspecified atom stereocenters. The number of hydrogen-bond donors (Lipinski definition) is 2. The molecule has 0 radical (unpaired) electrons.